The number of nitrogens with one attached hydrogen (secondary N) is 2. The summed E-state index contributed by atoms with van der Waals surface area (Å²) >= 11 is 0. The van der Waals surface area contributed by atoms with Crippen LogP contribution in [0.4, 0.5) is 0 Å². The van der Waals surface area contributed by atoms with Gasteiger partial charge < -0.3 is 40.2 Å². The average molecular weight is 734 g/mol. The summed E-state index contributed by atoms with van der Waals surface area (Å²) in [7, 11) is 6.18. The van der Waals surface area contributed by atoms with E-state index >= 15 is 0 Å². The van der Waals surface area contributed by atoms with E-state index in [1.165, 1.54) is 14.2 Å². The van der Waals surface area contributed by atoms with E-state index in [0.717, 1.165) is 11.5 Å². The topological polar surface area (TPSA) is 161 Å². The van der Waals surface area contributed by atoms with Crippen LogP contribution in [0.25, 0.3) is 0 Å². The molecule has 1 aromatic carbocycles. The van der Waals surface area contributed by atoms with Crippen molar-refractivity contribution in [1.82, 2.24) is 25.5 Å². The Kier molecular flexibility index (Phi) is 18.2. The number of nitrogens with zero attached hydrogens (tertiary/aromatic N) is 3. The summed E-state index contributed by atoms with van der Waals surface area (Å²) in [6.07, 6.45) is -0.0211. The number of hydrogen-bond acceptors (Lipinski definition) is 9. The molecule has 13 heteroatoms. The fraction of sp³-hybridized carbons (Fsp3) is 0.744. The standard InChI is InChI=1S/C39H67N5O8/c1-13-25(6)34(42(9)39(49)32(23(2)3)41-38(48)33(24(4)5)43(10)50)30(51-11)22-31(45)44-21-17-20-29(44)36(52-12)26(7)37(47)40-27(8)35(46)28-18-15-14-16-19-28/h14-16,18-19,23-27,29-30,32-36,46,50H,13,17,20-22H2,1-12H3,(H,40,47)(H,41,48)/t25-,26+,27+,29-,30?,32-,33-,34-,35?,36+/m0/s1. The van der Waals surface area contributed by atoms with Gasteiger partial charge in [0.2, 0.25) is 23.6 Å². The van der Waals surface area contributed by atoms with Crippen molar-refractivity contribution in [2.24, 2.45) is 23.7 Å². The Morgan fingerprint density at radius 3 is 2.04 bits per heavy atom. The van der Waals surface area contributed by atoms with Crippen molar-refractivity contribution in [3.63, 3.8) is 0 Å². The van der Waals surface area contributed by atoms with Gasteiger partial charge in [-0.2, -0.15) is 5.06 Å². The first-order valence-electron chi connectivity index (χ1n) is 18.8. The number of carbonyl (C=O) groups is 4. The van der Waals surface area contributed by atoms with Crippen LogP contribution in [0.5, 0.6) is 0 Å². The van der Waals surface area contributed by atoms with Crippen LogP contribution in [-0.2, 0) is 28.7 Å². The number of carbonyl (C=O) groups excluding carboxylic acids is 4. The molecule has 2 rings (SSSR count). The number of rotatable bonds is 20. The maximum absolute atomic E-state index is 14.1. The van der Waals surface area contributed by atoms with Gasteiger partial charge in [0, 0.05) is 34.9 Å². The summed E-state index contributed by atoms with van der Waals surface area (Å²) in [6, 6.07) is 6.05. The van der Waals surface area contributed by atoms with Crippen LogP contribution < -0.4 is 10.6 Å². The van der Waals surface area contributed by atoms with Crippen LogP contribution in [0.2, 0.25) is 0 Å². The molecule has 1 aromatic rings. The highest BCUT2D eigenvalue weighted by molar-refractivity contribution is 5.90. The molecule has 0 spiro atoms. The normalized spacial score (nSPS) is 20.1. The lowest BCUT2D eigenvalue weighted by Crippen LogP contribution is -2.59. The number of ether oxygens (including phenoxy) is 2. The highest BCUT2D eigenvalue weighted by Gasteiger charge is 2.43. The molecule has 0 radical (unpaired) electrons. The van der Waals surface area contributed by atoms with Crippen LogP contribution in [0.15, 0.2) is 30.3 Å². The smallest absolute Gasteiger partial charge is 0.245 e. The average Bonchev–Trinajstić information content (AvgIpc) is 3.59. The Labute approximate surface area is 311 Å². The number of hydrogen-bond donors (Lipinski definition) is 4. The number of likely N-dealkylation sites (tertiary alicyclic amines) is 1. The Morgan fingerprint density at radius 2 is 1.54 bits per heavy atom. The van der Waals surface area contributed by atoms with Gasteiger partial charge in [0.25, 0.3) is 0 Å². The van der Waals surface area contributed by atoms with Crippen molar-refractivity contribution >= 4 is 23.6 Å². The first kappa shape index (κ1) is 45.1. The summed E-state index contributed by atoms with van der Waals surface area (Å²) in [5, 5.41) is 27.6. The second-order valence-corrected chi connectivity index (χ2v) is 15.2. The molecule has 1 aliphatic rings. The first-order chi connectivity index (χ1) is 24.4. The van der Waals surface area contributed by atoms with E-state index in [4.69, 9.17) is 9.47 Å². The molecular weight excluding hydrogens is 666 g/mol. The number of hydroxylamine groups is 2. The fourth-order valence-corrected chi connectivity index (χ4v) is 7.56. The Balaban J connectivity index is 2.25. The summed E-state index contributed by atoms with van der Waals surface area (Å²) in [4.78, 5) is 58.3. The minimum Gasteiger partial charge on any atom is -0.386 e. The number of likely N-dealkylation sites (N-methyl/N-ethyl adjacent to an activating group) is 2. The third-order valence-electron chi connectivity index (χ3n) is 10.8. The molecule has 52 heavy (non-hydrogen) atoms. The second kappa shape index (κ2) is 21.0. The van der Waals surface area contributed by atoms with Crippen molar-refractivity contribution in [1.29, 1.82) is 0 Å². The van der Waals surface area contributed by atoms with Crippen LogP contribution in [0.1, 0.15) is 92.7 Å². The van der Waals surface area contributed by atoms with Gasteiger partial charge in [0.15, 0.2) is 0 Å². The predicted octanol–water partition coefficient (Wildman–Crippen LogP) is 3.63. The summed E-state index contributed by atoms with van der Waals surface area (Å²) in [6.45, 7) is 15.4. The fourth-order valence-electron chi connectivity index (χ4n) is 7.56. The van der Waals surface area contributed by atoms with Gasteiger partial charge in [-0.05, 0) is 43.1 Å². The molecule has 4 N–H and O–H groups in total. The molecule has 0 aromatic heterocycles. The highest BCUT2D eigenvalue weighted by Crippen LogP contribution is 2.30. The van der Waals surface area contributed by atoms with E-state index in [-0.39, 0.29) is 47.9 Å². The van der Waals surface area contributed by atoms with Crippen molar-refractivity contribution in [2.75, 3.05) is 34.9 Å². The summed E-state index contributed by atoms with van der Waals surface area (Å²) in [5.41, 5.74) is 0.702. The molecule has 4 amide bonds. The van der Waals surface area contributed by atoms with Crippen LogP contribution in [0, 0.1) is 23.7 Å². The van der Waals surface area contributed by atoms with E-state index in [9.17, 15) is 29.5 Å². The van der Waals surface area contributed by atoms with Crippen molar-refractivity contribution in [3.8, 4) is 0 Å². The van der Waals surface area contributed by atoms with Crippen LogP contribution >= 0.6 is 0 Å². The molecular formula is C39H67N5O8. The minimum atomic E-state index is -0.886. The number of methoxy groups -OCH3 is 2. The molecule has 0 bridgehead atoms. The zero-order valence-corrected chi connectivity index (χ0v) is 33.5. The second-order valence-electron chi connectivity index (χ2n) is 15.2. The van der Waals surface area contributed by atoms with E-state index in [1.807, 2.05) is 71.9 Å². The van der Waals surface area contributed by atoms with Crippen LogP contribution in [0.3, 0.4) is 0 Å². The van der Waals surface area contributed by atoms with Gasteiger partial charge in [0.05, 0.1) is 48.8 Å². The monoisotopic (exact) mass is 733 g/mol. The van der Waals surface area contributed by atoms with Gasteiger partial charge in [0.1, 0.15) is 12.1 Å². The van der Waals surface area contributed by atoms with E-state index in [1.54, 1.807) is 37.8 Å². The molecule has 1 aliphatic heterocycles. The molecule has 0 saturated carbocycles. The third-order valence-corrected chi connectivity index (χ3v) is 10.8. The predicted molar refractivity (Wildman–Crippen MR) is 200 cm³/mol. The van der Waals surface area contributed by atoms with E-state index < -0.39 is 54.3 Å². The van der Waals surface area contributed by atoms with Gasteiger partial charge in [-0.1, -0.05) is 85.2 Å². The summed E-state index contributed by atoms with van der Waals surface area (Å²) in [5.74, 6) is -2.33. The van der Waals surface area contributed by atoms with E-state index in [2.05, 4.69) is 10.6 Å². The Bertz CT molecular complexity index is 1270. The maximum Gasteiger partial charge on any atom is 0.245 e. The minimum absolute atomic E-state index is 0.000372. The molecule has 1 saturated heterocycles. The van der Waals surface area contributed by atoms with Crippen LogP contribution in [-0.4, -0.2) is 126 Å². The molecule has 10 atom stereocenters. The highest BCUT2D eigenvalue weighted by atomic mass is 16.5. The van der Waals surface area contributed by atoms with E-state index in [0.29, 0.717) is 24.9 Å². The number of benzene rings is 1. The first-order valence-corrected chi connectivity index (χ1v) is 18.8. The quantitative estimate of drug-likeness (QED) is 0.147. The Hall–Kier alpha value is -3.10. The molecule has 1 heterocycles. The maximum atomic E-state index is 14.1. The largest absolute Gasteiger partial charge is 0.386 e. The van der Waals surface area contributed by atoms with Crippen molar-refractivity contribution in [3.05, 3.63) is 35.9 Å². The lowest BCUT2D eigenvalue weighted by molar-refractivity contribution is -0.156. The van der Waals surface area contributed by atoms with Gasteiger partial charge in [-0.25, -0.2) is 0 Å². The zero-order chi connectivity index (χ0) is 39.4. The number of aliphatic hydroxyl groups excluding tert-OH is 1. The SMILES string of the molecule is CC[C@H](C)[C@@H](C(CC(=O)N1CCC[C@H]1[C@H](OC)[C@@H](C)C(=O)N[C@H](C)C(O)c1ccccc1)OC)N(C)C(=O)[C@@H](NC(=O)[C@H](C(C)C)N(C)O)C(C)C. The molecule has 296 valence electrons. The van der Waals surface area contributed by atoms with Gasteiger partial charge >= 0.3 is 0 Å². The van der Waals surface area contributed by atoms with Gasteiger partial charge in [-0.15, -0.1) is 0 Å². The van der Waals surface area contributed by atoms with Crippen molar-refractivity contribution in [2.45, 2.75) is 130 Å². The van der Waals surface area contributed by atoms with Gasteiger partial charge in [-0.3, -0.25) is 19.2 Å². The number of amides is 4. The van der Waals surface area contributed by atoms with Crippen molar-refractivity contribution < 1.29 is 39.0 Å². The molecule has 0 aliphatic carbocycles. The number of aliphatic hydroxyl groups is 1. The lowest BCUT2D eigenvalue weighted by Gasteiger charge is -2.41. The zero-order valence-electron chi connectivity index (χ0n) is 33.5. The summed E-state index contributed by atoms with van der Waals surface area (Å²) < 4.78 is 11.9. The third kappa shape index (κ3) is 11.4. The molecule has 2 unspecified atom stereocenters. The molecule has 1 fully saturated rings. The lowest BCUT2D eigenvalue weighted by atomic mass is 9.89. The molecule has 13 nitrogen and oxygen atoms in total. The Morgan fingerprint density at radius 1 is 0.923 bits per heavy atom.